The Balaban J connectivity index is 2.28. The summed E-state index contributed by atoms with van der Waals surface area (Å²) in [6.07, 6.45) is 1.69. The van der Waals surface area contributed by atoms with Crippen LogP contribution in [-0.2, 0) is 0 Å². The molecule has 0 saturated carbocycles. The molecule has 0 aliphatic rings. The summed E-state index contributed by atoms with van der Waals surface area (Å²) in [6, 6.07) is 5.53. The van der Waals surface area contributed by atoms with E-state index >= 15 is 0 Å². The summed E-state index contributed by atoms with van der Waals surface area (Å²) < 4.78 is 5.09. The summed E-state index contributed by atoms with van der Waals surface area (Å²) in [4.78, 5) is 8.35. The van der Waals surface area contributed by atoms with Gasteiger partial charge in [-0.3, -0.25) is 4.98 Å². The number of rotatable bonds is 3. The Labute approximate surface area is 87.3 Å². The van der Waals surface area contributed by atoms with Crippen molar-refractivity contribution in [2.75, 3.05) is 6.54 Å². The second kappa shape index (κ2) is 4.18. The molecule has 5 nitrogen and oxygen atoms in total. The van der Waals surface area contributed by atoms with Crippen LogP contribution in [0.3, 0.4) is 0 Å². The summed E-state index contributed by atoms with van der Waals surface area (Å²) >= 11 is 0. The minimum absolute atomic E-state index is 0.103. The van der Waals surface area contributed by atoms with Gasteiger partial charge in [0.15, 0.2) is 5.82 Å². The van der Waals surface area contributed by atoms with E-state index in [1.807, 2.05) is 25.1 Å². The zero-order chi connectivity index (χ0) is 10.7. The lowest BCUT2D eigenvalue weighted by Crippen LogP contribution is -2.10. The molecule has 0 aliphatic heterocycles. The van der Waals surface area contributed by atoms with E-state index in [0.29, 0.717) is 24.0 Å². The fourth-order valence-corrected chi connectivity index (χ4v) is 1.13. The Morgan fingerprint density at radius 1 is 1.47 bits per heavy atom. The maximum Gasteiger partial charge on any atom is 0.276 e. The summed E-state index contributed by atoms with van der Waals surface area (Å²) in [7, 11) is 0. The molecule has 0 spiro atoms. The molecule has 2 rings (SSSR count). The minimum Gasteiger partial charge on any atom is -0.332 e. The molecule has 2 heterocycles. The van der Waals surface area contributed by atoms with E-state index in [9.17, 15) is 0 Å². The van der Waals surface area contributed by atoms with Gasteiger partial charge >= 0.3 is 0 Å². The largest absolute Gasteiger partial charge is 0.332 e. The van der Waals surface area contributed by atoms with Crippen molar-refractivity contribution in [1.82, 2.24) is 15.1 Å². The fourth-order valence-electron chi connectivity index (χ4n) is 1.13. The second-order valence-corrected chi connectivity index (χ2v) is 3.31. The molecule has 1 atom stereocenters. The van der Waals surface area contributed by atoms with E-state index in [1.54, 1.807) is 6.20 Å². The molecule has 78 valence electrons. The molecule has 2 aromatic heterocycles. The van der Waals surface area contributed by atoms with Crippen molar-refractivity contribution in [3.63, 3.8) is 0 Å². The molecule has 0 fully saturated rings. The third-order valence-corrected chi connectivity index (χ3v) is 2.12. The van der Waals surface area contributed by atoms with Crippen LogP contribution in [0, 0.1) is 0 Å². The molecule has 2 aromatic rings. The predicted molar refractivity (Wildman–Crippen MR) is 55.0 cm³/mol. The standard InChI is InChI=1S/C10H12N4O/c1-7(6-11)9-13-10(15-14-9)8-4-2-3-5-12-8/h2-5,7H,6,11H2,1H3. The van der Waals surface area contributed by atoms with Gasteiger partial charge in [-0.15, -0.1) is 0 Å². The van der Waals surface area contributed by atoms with Crippen molar-refractivity contribution >= 4 is 0 Å². The zero-order valence-corrected chi connectivity index (χ0v) is 8.42. The van der Waals surface area contributed by atoms with Crippen molar-refractivity contribution in [1.29, 1.82) is 0 Å². The maximum absolute atomic E-state index is 5.51. The van der Waals surface area contributed by atoms with Gasteiger partial charge in [0.05, 0.1) is 0 Å². The third kappa shape index (κ3) is 2.02. The minimum atomic E-state index is 0.103. The highest BCUT2D eigenvalue weighted by Crippen LogP contribution is 2.16. The number of nitrogens with two attached hydrogens (primary N) is 1. The SMILES string of the molecule is CC(CN)c1noc(-c2ccccn2)n1. The van der Waals surface area contributed by atoms with Crippen LogP contribution in [0.15, 0.2) is 28.9 Å². The lowest BCUT2D eigenvalue weighted by molar-refractivity contribution is 0.417. The second-order valence-electron chi connectivity index (χ2n) is 3.31. The van der Waals surface area contributed by atoms with Gasteiger partial charge in [0.2, 0.25) is 0 Å². The van der Waals surface area contributed by atoms with Crippen molar-refractivity contribution in [2.24, 2.45) is 5.73 Å². The number of hydrogen-bond donors (Lipinski definition) is 1. The first kappa shape index (κ1) is 9.79. The normalized spacial score (nSPS) is 12.7. The van der Waals surface area contributed by atoms with Crippen molar-refractivity contribution < 1.29 is 4.52 Å². The molecular weight excluding hydrogens is 192 g/mol. The molecule has 0 aliphatic carbocycles. The maximum atomic E-state index is 5.51. The summed E-state index contributed by atoms with van der Waals surface area (Å²) in [6.45, 7) is 2.45. The summed E-state index contributed by atoms with van der Waals surface area (Å²) in [5, 5.41) is 3.86. The van der Waals surface area contributed by atoms with Gasteiger partial charge < -0.3 is 10.3 Å². The quantitative estimate of drug-likeness (QED) is 0.812. The van der Waals surface area contributed by atoms with Gasteiger partial charge in [0, 0.05) is 18.7 Å². The van der Waals surface area contributed by atoms with Crippen LogP contribution in [-0.4, -0.2) is 21.7 Å². The van der Waals surface area contributed by atoms with Gasteiger partial charge in [-0.25, -0.2) is 0 Å². The molecule has 15 heavy (non-hydrogen) atoms. The number of aromatic nitrogens is 3. The van der Waals surface area contributed by atoms with Gasteiger partial charge in [0.1, 0.15) is 5.69 Å². The highest BCUT2D eigenvalue weighted by molar-refractivity contribution is 5.45. The van der Waals surface area contributed by atoms with E-state index in [4.69, 9.17) is 10.3 Å². The molecule has 1 unspecified atom stereocenters. The Morgan fingerprint density at radius 3 is 3.00 bits per heavy atom. The average Bonchev–Trinajstić information content (AvgIpc) is 2.78. The lowest BCUT2D eigenvalue weighted by atomic mass is 10.2. The van der Waals surface area contributed by atoms with Gasteiger partial charge in [0.25, 0.3) is 5.89 Å². The predicted octanol–water partition coefficient (Wildman–Crippen LogP) is 1.19. The van der Waals surface area contributed by atoms with Crippen molar-refractivity contribution in [3.05, 3.63) is 30.2 Å². The van der Waals surface area contributed by atoms with E-state index in [-0.39, 0.29) is 5.92 Å². The van der Waals surface area contributed by atoms with Crippen molar-refractivity contribution in [3.8, 4) is 11.6 Å². The van der Waals surface area contributed by atoms with Gasteiger partial charge in [-0.1, -0.05) is 18.1 Å². The molecule has 0 amide bonds. The molecule has 0 radical (unpaired) electrons. The van der Waals surface area contributed by atoms with Crippen LogP contribution < -0.4 is 5.73 Å². The number of hydrogen-bond acceptors (Lipinski definition) is 5. The Kier molecular flexibility index (Phi) is 2.73. The average molecular weight is 204 g/mol. The number of pyridine rings is 1. The Hall–Kier alpha value is -1.75. The van der Waals surface area contributed by atoms with Crippen LogP contribution >= 0.6 is 0 Å². The van der Waals surface area contributed by atoms with E-state index in [2.05, 4.69) is 15.1 Å². The van der Waals surface area contributed by atoms with Gasteiger partial charge in [-0.2, -0.15) is 4.98 Å². The first-order valence-corrected chi connectivity index (χ1v) is 4.76. The highest BCUT2D eigenvalue weighted by Gasteiger charge is 2.13. The fraction of sp³-hybridized carbons (Fsp3) is 0.300. The first-order valence-electron chi connectivity index (χ1n) is 4.76. The van der Waals surface area contributed by atoms with E-state index in [1.165, 1.54) is 0 Å². The molecule has 0 bridgehead atoms. The van der Waals surface area contributed by atoms with Crippen LogP contribution in [0.1, 0.15) is 18.7 Å². The summed E-state index contributed by atoms with van der Waals surface area (Å²) in [5.74, 6) is 1.16. The topological polar surface area (TPSA) is 77.8 Å². The Morgan fingerprint density at radius 2 is 2.33 bits per heavy atom. The smallest absolute Gasteiger partial charge is 0.276 e. The monoisotopic (exact) mass is 204 g/mol. The van der Waals surface area contributed by atoms with Crippen LogP contribution in [0.2, 0.25) is 0 Å². The molecule has 0 saturated heterocycles. The van der Waals surface area contributed by atoms with Crippen LogP contribution in [0.25, 0.3) is 11.6 Å². The molecule has 0 aromatic carbocycles. The van der Waals surface area contributed by atoms with E-state index in [0.717, 1.165) is 0 Å². The van der Waals surface area contributed by atoms with Crippen LogP contribution in [0.5, 0.6) is 0 Å². The highest BCUT2D eigenvalue weighted by atomic mass is 16.5. The number of nitrogens with zero attached hydrogens (tertiary/aromatic N) is 3. The molecule has 2 N–H and O–H groups in total. The molecule has 5 heteroatoms. The first-order chi connectivity index (χ1) is 7.31. The Bertz CT molecular complexity index is 426. The molecular formula is C10H12N4O. The van der Waals surface area contributed by atoms with Crippen LogP contribution in [0.4, 0.5) is 0 Å². The van der Waals surface area contributed by atoms with Crippen molar-refractivity contribution in [2.45, 2.75) is 12.8 Å². The lowest BCUT2D eigenvalue weighted by Gasteiger charge is -1.98. The van der Waals surface area contributed by atoms with Gasteiger partial charge in [-0.05, 0) is 12.1 Å². The third-order valence-electron chi connectivity index (χ3n) is 2.12. The zero-order valence-electron chi connectivity index (χ0n) is 8.42. The summed E-state index contributed by atoms with van der Waals surface area (Å²) in [5.41, 5.74) is 6.20. The van der Waals surface area contributed by atoms with E-state index < -0.39 is 0 Å².